The van der Waals surface area contributed by atoms with Gasteiger partial charge in [-0.25, -0.2) is 4.99 Å². The molecular weight excluding hydrogens is 244 g/mol. The summed E-state index contributed by atoms with van der Waals surface area (Å²) in [4.78, 5) is 8.86. The Hall–Kier alpha value is -2.74. The van der Waals surface area contributed by atoms with Gasteiger partial charge in [0.05, 0.1) is 11.4 Å². The molecule has 0 fully saturated rings. The van der Waals surface area contributed by atoms with Crippen molar-refractivity contribution in [1.29, 1.82) is 0 Å². The molecule has 0 radical (unpaired) electrons. The molecule has 1 aromatic heterocycles. The summed E-state index contributed by atoms with van der Waals surface area (Å²) < 4.78 is 0. The third-order valence-corrected chi connectivity index (χ3v) is 3.00. The quantitative estimate of drug-likeness (QED) is 0.645. The van der Waals surface area contributed by atoms with Crippen LogP contribution < -0.4 is 0 Å². The number of aromatic nitrogens is 1. The largest absolute Gasteiger partial charge is 0.265 e. The van der Waals surface area contributed by atoms with Crippen molar-refractivity contribution in [3.8, 4) is 0 Å². The van der Waals surface area contributed by atoms with E-state index in [0.717, 1.165) is 22.5 Å². The standard InChI is InChI=1S/C18H14N2/c1-3-7-15(8-4-1)18(16-11-13-19-14-12-16)20-17-9-5-2-6-10-17/h1-14H. The fraction of sp³-hybridized carbons (Fsp3) is 0. The van der Waals surface area contributed by atoms with E-state index in [0.29, 0.717) is 0 Å². The Morgan fingerprint density at radius 1 is 0.650 bits per heavy atom. The molecule has 3 aromatic rings. The fourth-order valence-electron chi connectivity index (χ4n) is 2.03. The zero-order valence-electron chi connectivity index (χ0n) is 11.0. The Balaban J connectivity index is 2.12. The molecular formula is C18H14N2. The lowest BCUT2D eigenvalue weighted by atomic mass is 10.0. The third kappa shape index (κ3) is 2.81. The van der Waals surface area contributed by atoms with E-state index in [-0.39, 0.29) is 0 Å². The first-order valence-corrected chi connectivity index (χ1v) is 6.53. The number of benzene rings is 2. The minimum absolute atomic E-state index is 0.947. The monoisotopic (exact) mass is 258 g/mol. The first-order chi connectivity index (χ1) is 9.93. The first-order valence-electron chi connectivity index (χ1n) is 6.53. The van der Waals surface area contributed by atoms with E-state index in [1.807, 2.05) is 60.7 Å². The topological polar surface area (TPSA) is 25.2 Å². The zero-order valence-corrected chi connectivity index (χ0v) is 11.0. The lowest BCUT2D eigenvalue weighted by Crippen LogP contribution is -2.02. The van der Waals surface area contributed by atoms with Gasteiger partial charge in [-0.05, 0) is 24.3 Å². The summed E-state index contributed by atoms with van der Waals surface area (Å²) in [5.41, 5.74) is 4.07. The maximum Gasteiger partial charge on any atom is 0.0782 e. The molecule has 0 bridgehead atoms. The molecule has 20 heavy (non-hydrogen) atoms. The van der Waals surface area contributed by atoms with Gasteiger partial charge in [0.25, 0.3) is 0 Å². The predicted molar refractivity (Wildman–Crippen MR) is 82.4 cm³/mol. The van der Waals surface area contributed by atoms with Gasteiger partial charge in [-0.1, -0.05) is 48.5 Å². The van der Waals surface area contributed by atoms with E-state index in [4.69, 9.17) is 4.99 Å². The van der Waals surface area contributed by atoms with Crippen LogP contribution in [0.3, 0.4) is 0 Å². The molecule has 0 aliphatic heterocycles. The van der Waals surface area contributed by atoms with Crippen LogP contribution in [0.25, 0.3) is 0 Å². The van der Waals surface area contributed by atoms with Crippen LogP contribution in [0.2, 0.25) is 0 Å². The first kappa shape index (κ1) is 12.3. The fourth-order valence-corrected chi connectivity index (χ4v) is 2.03. The van der Waals surface area contributed by atoms with Crippen molar-refractivity contribution in [2.24, 2.45) is 4.99 Å². The molecule has 0 saturated carbocycles. The van der Waals surface area contributed by atoms with Crippen LogP contribution in [0.4, 0.5) is 5.69 Å². The number of pyridine rings is 1. The van der Waals surface area contributed by atoms with E-state index < -0.39 is 0 Å². The van der Waals surface area contributed by atoms with Gasteiger partial charge in [-0.2, -0.15) is 0 Å². The second-order valence-corrected chi connectivity index (χ2v) is 4.40. The second kappa shape index (κ2) is 5.93. The molecule has 0 N–H and O–H groups in total. The van der Waals surface area contributed by atoms with Crippen molar-refractivity contribution in [2.75, 3.05) is 0 Å². The second-order valence-electron chi connectivity index (χ2n) is 4.40. The smallest absolute Gasteiger partial charge is 0.0782 e. The number of aliphatic imine (C=N–C) groups is 1. The number of hydrogen-bond donors (Lipinski definition) is 0. The van der Waals surface area contributed by atoms with Crippen molar-refractivity contribution in [1.82, 2.24) is 4.98 Å². The van der Waals surface area contributed by atoms with Crippen LogP contribution in [0.1, 0.15) is 11.1 Å². The van der Waals surface area contributed by atoms with Crippen LogP contribution in [-0.4, -0.2) is 10.7 Å². The summed E-state index contributed by atoms with van der Waals surface area (Å²) in [6, 6.07) is 24.2. The third-order valence-electron chi connectivity index (χ3n) is 3.00. The van der Waals surface area contributed by atoms with Gasteiger partial charge in [0.15, 0.2) is 0 Å². The molecule has 1 heterocycles. The van der Waals surface area contributed by atoms with E-state index in [2.05, 4.69) is 17.1 Å². The molecule has 2 heteroatoms. The number of nitrogens with zero attached hydrogens (tertiary/aromatic N) is 2. The summed E-state index contributed by atoms with van der Waals surface area (Å²) in [5.74, 6) is 0. The Bertz CT molecular complexity index is 648. The van der Waals surface area contributed by atoms with Crippen LogP contribution in [-0.2, 0) is 0 Å². The molecule has 0 unspecified atom stereocenters. The van der Waals surface area contributed by atoms with Crippen LogP contribution in [0.5, 0.6) is 0 Å². The molecule has 0 aliphatic carbocycles. The molecule has 0 atom stereocenters. The van der Waals surface area contributed by atoms with Crippen molar-refractivity contribution < 1.29 is 0 Å². The molecule has 2 nitrogen and oxygen atoms in total. The van der Waals surface area contributed by atoms with Crippen LogP contribution >= 0.6 is 0 Å². The molecule has 0 saturated heterocycles. The van der Waals surface area contributed by atoms with Crippen LogP contribution in [0.15, 0.2) is 90.2 Å². The summed E-state index contributed by atoms with van der Waals surface area (Å²) in [6.45, 7) is 0. The van der Waals surface area contributed by atoms with E-state index >= 15 is 0 Å². The summed E-state index contributed by atoms with van der Waals surface area (Å²) in [5, 5.41) is 0. The average Bonchev–Trinajstić information content (AvgIpc) is 2.55. The van der Waals surface area contributed by atoms with E-state index in [9.17, 15) is 0 Å². The van der Waals surface area contributed by atoms with Crippen molar-refractivity contribution >= 4 is 11.4 Å². The van der Waals surface area contributed by atoms with Crippen molar-refractivity contribution in [3.63, 3.8) is 0 Å². The SMILES string of the molecule is c1ccc(N=C(c2ccccc2)c2ccncc2)cc1. The number of para-hydroxylation sites is 1. The molecule has 0 spiro atoms. The molecule has 0 amide bonds. The Labute approximate surface area is 118 Å². The Morgan fingerprint density at radius 3 is 1.85 bits per heavy atom. The maximum atomic E-state index is 4.79. The van der Waals surface area contributed by atoms with Gasteiger partial charge in [0.2, 0.25) is 0 Å². The van der Waals surface area contributed by atoms with Gasteiger partial charge in [0.1, 0.15) is 0 Å². The molecule has 2 aromatic carbocycles. The highest BCUT2D eigenvalue weighted by atomic mass is 14.7. The lowest BCUT2D eigenvalue weighted by molar-refractivity contribution is 1.32. The van der Waals surface area contributed by atoms with Crippen molar-refractivity contribution in [2.45, 2.75) is 0 Å². The van der Waals surface area contributed by atoms with Gasteiger partial charge >= 0.3 is 0 Å². The Kier molecular flexibility index (Phi) is 3.65. The zero-order chi connectivity index (χ0) is 13.6. The van der Waals surface area contributed by atoms with E-state index in [1.54, 1.807) is 12.4 Å². The van der Waals surface area contributed by atoms with Gasteiger partial charge < -0.3 is 0 Å². The number of rotatable bonds is 3. The predicted octanol–water partition coefficient (Wildman–Crippen LogP) is 4.25. The normalized spacial score (nSPS) is 11.3. The summed E-state index contributed by atoms with van der Waals surface area (Å²) in [6.07, 6.45) is 3.58. The van der Waals surface area contributed by atoms with Gasteiger partial charge in [-0.3, -0.25) is 4.98 Å². The minimum Gasteiger partial charge on any atom is -0.265 e. The number of hydrogen-bond acceptors (Lipinski definition) is 2. The summed E-state index contributed by atoms with van der Waals surface area (Å²) >= 11 is 0. The van der Waals surface area contributed by atoms with Crippen molar-refractivity contribution in [3.05, 3.63) is 96.3 Å². The van der Waals surface area contributed by atoms with Gasteiger partial charge in [0, 0.05) is 23.5 Å². The average molecular weight is 258 g/mol. The lowest BCUT2D eigenvalue weighted by Gasteiger charge is -2.07. The van der Waals surface area contributed by atoms with Crippen LogP contribution in [0, 0.1) is 0 Å². The molecule has 96 valence electrons. The maximum absolute atomic E-state index is 4.79. The minimum atomic E-state index is 0.947. The molecule has 3 rings (SSSR count). The summed E-state index contributed by atoms with van der Waals surface area (Å²) in [7, 11) is 0. The van der Waals surface area contributed by atoms with Gasteiger partial charge in [-0.15, -0.1) is 0 Å². The highest BCUT2D eigenvalue weighted by Crippen LogP contribution is 2.17. The van der Waals surface area contributed by atoms with E-state index in [1.165, 1.54) is 0 Å². The highest BCUT2D eigenvalue weighted by molar-refractivity contribution is 6.13. The highest BCUT2D eigenvalue weighted by Gasteiger charge is 2.06. The molecule has 0 aliphatic rings. The Morgan fingerprint density at radius 2 is 1.20 bits per heavy atom.